The number of rotatable bonds is 16. The zero-order chi connectivity index (χ0) is 33.1. The SMILES string of the molecule is C=CCN(C(=O)[C@H]1[C@H]2C(=O)N([C@@H](CO)CC(C)C)C(C(=O)N(CC=C)C(C)CCC)C23CC(Br)[C@@H]1O3)c1ccc(OCC)cc1. The number of ether oxygens (including phenoxy) is 2. The van der Waals surface area contributed by atoms with Crippen LogP contribution in [0.5, 0.6) is 5.75 Å². The molecule has 3 aliphatic heterocycles. The molecule has 0 aliphatic carbocycles. The summed E-state index contributed by atoms with van der Waals surface area (Å²) < 4.78 is 12.4. The highest BCUT2D eigenvalue weighted by molar-refractivity contribution is 9.09. The fourth-order valence-corrected chi connectivity index (χ4v) is 8.66. The molecule has 1 aromatic carbocycles. The Labute approximate surface area is 276 Å². The van der Waals surface area contributed by atoms with Crippen LogP contribution in [0, 0.1) is 17.8 Å². The molecule has 2 bridgehead atoms. The van der Waals surface area contributed by atoms with Gasteiger partial charge in [0.2, 0.25) is 17.7 Å². The number of alkyl halides is 1. The first kappa shape index (κ1) is 35.2. The first-order valence-electron chi connectivity index (χ1n) is 16.3. The maximum absolute atomic E-state index is 14.8. The van der Waals surface area contributed by atoms with E-state index < -0.39 is 35.6 Å². The topological polar surface area (TPSA) is 99.6 Å². The third kappa shape index (κ3) is 6.47. The van der Waals surface area contributed by atoms with Crippen molar-refractivity contribution in [1.29, 1.82) is 0 Å². The number of amides is 3. The fourth-order valence-electron chi connectivity index (χ4n) is 7.72. The van der Waals surface area contributed by atoms with E-state index in [4.69, 9.17) is 9.47 Å². The Morgan fingerprint density at radius 3 is 2.38 bits per heavy atom. The number of anilines is 1. The molecule has 9 nitrogen and oxygen atoms in total. The minimum Gasteiger partial charge on any atom is -0.494 e. The number of hydrogen-bond donors (Lipinski definition) is 1. The van der Waals surface area contributed by atoms with Crippen LogP contribution >= 0.6 is 15.9 Å². The van der Waals surface area contributed by atoms with Crippen molar-refractivity contribution in [3.05, 3.63) is 49.6 Å². The summed E-state index contributed by atoms with van der Waals surface area (Å²) in [6, 6.07) is 5.60. The summed E-state index contributed by atoms with van der Waals surface area (Å²) in [5.41, 5.74) is -0.568. The van der Waals surface area contributed by atoms with E-state index in [0.29, 0.717) is 37.4 Å². The van der Waals surface area contributed by atoms with Crippen molar-refractivity contribution in [3.8, 4) is 5.75 Å². The molecule has 10 heteroatoms. The highest BCUT2D eigenvalue weighted by atomic mass is 79.9. The first-order chi connectivity index (χ1) is 21.5. The average molecular weight is 689 g/mol. The molecule has 4 rings (SSSR count). The smallest absolute Gasteiger partial charge is 0.248 e. The van der Waals surface area contributed by atoms with Gasteiger partial charge in [-0.1, -0.05) is 55.3 Å². The lowest BCUT2D eigenvalue weighted by molar-refractivity contribution is -0.152. The minimum atomic E-state index is -1.22. The van der Waals surface area contributed by atoms with Gasteiger partial charge in [0, 0.05) is 29.6 Å². The Bertz CT molecular complexity index is 1240. The van der Waals surface area contributed by atoms with Gasteiger partial charge in [0.05, 0.1) is 37.2 Å². The van der Waals surface area contributed by atoms with Crippen LogP contribution in [0.15, 0.2) is 49.6 Å². The molecule has 3 saturated heterocycles. The summed E-state index contributed by atoms with van der Waals surface area (Å²) in [6.07, 6.45) is 5.35. The van der Waals surface area contributed by atoms with Crippen molar-refractivity contribution < 1.29 is 29.0 Å². The number of fused-ring (bicyclic) bond motifs is 1. The molecular formula is C35H50BrN3O6. The van der Waals surface area contributed by atoms with Crippen LogP contribution in [-0.4, -0.2) is 93.6 Å². The Balaban J connectivity index is 1.82. The number of hydrogen-bond acceptors (Lipinski definition) is 6. The molecule has 8 atom stereocenters. The molecule has 1 aromatic rings. The molecule has 3 aliphatic rings. The molecule has 3 fully saturated rings. The standard InChI is InChI=1S/C35H50BrN3O6/c1-8-12-23(7)37(17-9-2)34(43)31-35-20-27(36)30(45-35)28(29(35)33(42)39(31)25(21-40)19-22(5)6)32(41)38(18-10-3)24-13-15-26(16-14-24)44-11-4/h9-10,13-16,22-23,25,27-31,40H,2-3,8,11-12,17-21H2,1,4-7H3/t23?,25-,27?,28+,29+,30+,31?,35?/m1/s1. The number of halogens is 1. The van der Waals surface area contributed by atoms with Gasteiger partial charge in [0.1, 0.15) is 17.4 Å². The number of carbonyl (C=O) groups is 3. The second-order valence-corrected chi connectivity index (χ2v) is 14.1. The van der Waals surface area contributed by atoms with Crippen molar-refractivity contribution in [2.75, 3.05) is 31.2 Å². The maximum Gasteiger partial charge on any atom is 0.248 e. The lowest BCUT2D eigenvalue weighted by atomic mass is 9.70. The Morgan fingerprint density at radius 1 is 1.16 bits per heavy atom. The van der Waals surface area contributed by atoms with Crippen LogP contribution in [-0.2, 0) is 19.1 Å². The van der Waals surface area contributed by atoms with Gasteiger partial charge in [-0.15, -0.1) is 13.2 Å². The van der Waals surface area contributed by atoms with Crippen LogP contribution in [0.1, 0.15) is 60.3 Å². The van der Waals surface area contributed by atoms with Gasteiger partial charge < -0.3 is 29.3 Å². The minimum absolute atomic E-state index is 0.0934. The van der Waals surface area contributed by atoms with Crippen LogP contribution in [0.2, 0.25) is 0 Å². The van der Waals surface area contributed by atoms with Crippen molar-refractivity contribution in [3.63, 3.8) is 0 Å². The van der Waals surface area contributed by atoms with Crippen LogP contribution in [0.4, 0.5) is 5.69 Å². The highest BCUT2D eigenvalue weighted by Gasteiger charge is 2.77. The Hall–Kier alpha value is -2.69. The molecule has 248 valence electrons. The summed E-state index contributed by atoms with van der Waals surface area (Å²) in [5, 5.41) is 10.6. The van der Waals surface area contributed by atoms with Gasteiger partial charge in [-0.25, -0.2) is 0 Å². The summed E-state index contributed by atoms with van der Waals surface area (Å²) in [4.78, 5) is 48.8. The molecule has 3 heterocycles. The third-order valence-corrected chi connectivity index (χ3v) is 10.3. The van der Waals surface area contributed by atoms with E-state index in [-0.39, 0.29) is 47.7 Å². The van der Waals surface area contributed by atoms with E-state index in [0.717, 1.165) is 12.8 Å². The second-order valence-electron chi connectivity index (χ2n) is 13.0. The van der Waals surface area contributed by atoms with Gasteiger partial charge in [0.15, 0.2) is 0 Å². The van der Waals surface area contributed by atoms with E-state index in [1.807, 2.05) is 52.0 Å². The molecule has 0 radical (unpaired) electrons. The summed E-state index contributed by atoms with van der Waals surface area (Å²) in [7, 11) is 0. The largest absolute Gasteiger partial charge is 0.494 e. The number of aliphatic hydroxyl groups is 1. The Kier molecular flexibility index (Phi) is 11.6. The predicted molar refractivity (Wildman–Crippen MR) is 179 cm³/mol. The zero-order valence-corrected chi connectivity index (χ0v) is 28.9. The van der Waals surface area contributed by atoms with Crippen molar-refractivity contribution in [1.82, 2.24) is 9.80 Å². The monoisotopic (exact) mass is 687 g/mol. The molecular weight excluding hydrogens is 638 g/mol. The van der Waals surface area contributed by atoms with Gasteiger partial charge in [-0.3, -0.25) is 14.4 Å². The zero-order valence-electron chi connectivity index (χ0n) is 27.4. The van der Waals surface area contributed by atoms with Crippen molar-refractivity contribution in [2.45, 2.75) is 95.0 Å². The van der Waals surface area contributed by atoms with Gasteiger partial charge in [0.25, 0.3) is 0 Å². The summed E-state index contributed by atoms with van der Waals surface area (Å²) >= 11 is 3.79. The molecule has 0 saturated carbocycles. The van der Waals surface area contributed by atoms with Crippen molar-refractivity contribution in [2.24, 2.45) is 17.8 Å². The Morgan fingerprint density at radius 2 is 1.82 bits per heavy atom. The van der Waals surface area contributed by atoms with Crippen molar-refractivity contribution >= 4 is 39.3 Å². The number of nitrogens with zero attached hydrogens (tertiary/aromatic N) is 3. The van der Waals surface area contributed by atoms with E-state index in [1.165, 1.54) is 0 Å². The fraction of sp³-hybridized carbons (Fsp3) is 0.629. The second kappa shape index (κ2) is 14.8. The average Bonchev–Trinajstić information content (AvgIpc) is 3.60. The number of likely N-dealkylation sites (tertiary alicyclic amines) is 1. The quantitative estimate of drug-likeness (QED) is 0.195. The lowest BCUT2D eigenvalue weighted by Crippen LogP contribution is -2.60. The number of aliphatic hydroxyl groups excluding tert-OH is 1. The van der Waals surface area contributed by atoms with E-state index in [1.54, 1.807) is 26.9 Å². The van der Waals surface area contributed by atoms with Crippen LogP contribution < -0.4 is 9.64 Å². The van der Waals surface area contributed by atoms with E-state index in [2.05, 4.69) is 36.0 Å². The van der Waals surface area contributed by atoms with Crippen LogP contribution in [0.25, 0.3) is 0 Å². The molecule has 3 amide bonds. The predicted octanol–water partition coefficient (Wildman–Crippen LogP) is 4.96. The maximum atomic E-state index is 14.8. The lowest BCUT2D eigenvalue weighted by Gasteiger charge is -2.41. The van der Waals surface area contributed by atoms with E-state index in [9.17, 15) is 19.5 Å². The van der Waals surface area contributed by atoms with Crippen LogP contribution in [0.3, 0.4) is 0 Å². The number of benzene rings is 1. The normalized spacial score (nSPS) is 28.1. The summed E-state index contributed by atoms with van der Waals surface area (Å²) in [5.74, 6) is -1.64. The third-order valence-electron chi connectivity index (χ3n) is 9.48. The van der Waals surface area contributed by atoms with Gasteiger partial charge >= 0.3 is 0 Å². The van der Waals surface area contributed by atoms with E-state index >= 15 is 0 Å². The molecule has 4 unspecified atom stereocenters. The van der Waals surface area contributed by atoms with Gasteiger partial charge in [-0.2, -0.15) is 0 Å². The molecule has 45 heavy (non-hydrogen) atoms. The highest BCUT2D eigenvalue weighted by Crippen LogP contribution is 2.61. The van der Waals surface area contributed by atoms with Gasteiger partial charge in [-0.05, 0) is 63.3 Å². The molecule has 1 spiro atoms. The molecule has 0 aromatic heterocycles. The number of carbonyl (C=O) groups excluding carboxylic acids is 3. The summed E-state index contributed by atoms with van der Waals surface area (Å²) in [6.45, 7) is 18.6. The first-order valence-corrected chi connectivity index (χ1v) is 17.2. The molecule has 1 N–H and O–H groups in total.